The molecule has 1 aliphatic carbocycles. The van der Waals surface area contributed by atoms with Crippen molar-refractivity contribution in [2.75, 3.05) is 13.7 Å². The second kappa shape index (κ2) is 10.9. The number of ether oxygens (including phenoxy) is 1. The molecule has 3 N–H and O–H groups in total. The van der Waals surface area contributed by atoms with Gasteiger partial charge < -0.3 is 20.4 Å². The van der Waals surface area contributed by atoms with E-state index >= 15 is 0 Å². The first-order chi connectivity index (χ1) is 17.6. The van der Waals surface area contributed by atoms with E-state index in [1.807, 2.05) is 48.5 Å². The molecule has 3 aromatic carbocycles. The van der Waals surface area contributed by atoms with Crippen LogP contribution in [0.3, 0.4) is 0 Å². The second-order valence-electron chi connectivity index (χ2n) is 9.78. The van der Waals surface area contributed by atoms with Gasteiger partial charge in [0, 0.05) is 12.0 Å². The summed E-state index contributed by atoms with van der Waals surface area (Å²) in [6, 6.07) is 26.0. The number of aromatic amines is 1. The lowest BCUT2D eigenvalue weighted by Gasteiger charge is -2.38. The minimum Gasteiger partial charge on any atom is -0.497 e. The normalized spacial score (nSPS) is 15.8. The number of H-pyrrole nitrogens is 1. The molecule has 0 saturated heterocycles. The van der Waals surface area contributed by atoms with E-state index in [-0.39, 0.29) is 17.5 Å². The Balaban J connectivity index is 1.34. The van der Waals surface area contributed by atoms with Crippen molar-refractivity contribution in [2.24, 2.45) is 0 Å². The van der Waals surface area contributed by atoms with Crippen molar-refractivity contribution in [3.05, 3.63) is 95.8 Å². The van der Waals surface area contributed by atoms with Gasteiger partial charge in [0.15, 0.2) is 0 Å². The molecule has 0 aliphatic heterocycles. The molecule has 5 rings (SSSR count). The van der Waals surface area contributed by atoms with Crippen LogP contribution in [0.4, 0.5) is 4.79 Å². The van der Waals surface area contributed by atoms with Gasteiger partial charge in [0.05, 0.1) is 24.2 Å². The molecule has 4 aromatic rings. The fourth-order valence-corrected chi connectivity index (χ4v) is 5.40. The molecule has 0 spiro atoms. The maximum atomic E-state index is 13.3. The molecule has 1 fully saturated rings. The standard InChI is InChI=1S/C30H34N4O2/c1-36-24-16-14-22(15-17-24)20-27(28-32-25-12-6-7-13-26(25)33-28)34-29(35)31-21-30(18-8-3-9-19-30)23-10-4-2-5-11-23/h2,4-7,10-17,27H,3,8-9,18-21H2,1H3,(H,32,33)(H2,31,34,35)/t27-/m1/s1. The first-order valence-corrected chi connectivity index (χ1v) is 12.8. The van der Waals surface area contributed by atoms with Crippen molar-refractivity contribution in [3.63, 3.8) is 0 Å². The first kappa shape index (κ1) is 23.9. The van der Waals surface area contributed by atoms with Crippen LogP contribution >= 0.6 is 0 Å². The zero-order chi connectivity index (χ0) is 24.8. The molecular formula is C30H34N4O2. The number of aromatic nitrogens is 2. The number of hydrogen-bond acceptors (Lipinski definition) is 3. The number of nitrogens with zero attached hydrogens (tertiary/aromatic N) is 1. The van der Waals surface area contributed by atoms with Gasteiger partial charge in [-0.1, -0.05) is 73.9 Å². The van der Waals surface area contributed by atoms with E-state index in [0.29, 0.717) is 13.0 Å². The SMILES string of the molecule is COc1ccc(C[C@@H](NC(=O)NCC2(c3ccccc3)CCCCC2)c2nc3ccccc3[nH]2)cc1. The quantitative estimate of drug-likeness (QED) is 0.286. The summed E-state index contributed by atoms with van der Waals surface area (Å²) >= 11 is 0. The molecule has 1 atom stereocenters. The number of hydrogen-bond donors (Lipinski definition) is 3. The fraction of sp³-hybridized carbons (Fsp3) is 0.333. The Kier molecular flexibility index (Phi) is 7.21. The van der Waals surface area contributed by atoms with Crippen molar-refractivity contribution in [1.29, 1.82) is 0 Å². The van der Waals surface area contributed by atoms with Gasteiger partial charge in [-0.15, -0.1) is 0 Å². The average molecular weight is 483 g/mol. The molecule has 1 saturated carbocycles. The lowest BCUT2D eigenvalue weighted by molar-refractivity contribution is 0.225. The fourth-order valence-electron chi connectivity index (χ4n) is 5.40. The van der Waals surface area contributed by atoms with Crippen molar-refractivity contribution in [2.45, 2.75) is 50.0 Å². The summed E-state index contributed by atoms with van der Waals surface area (Å²) in [7, 11) is 1.66. The number of benzene rings is 3. The van der Waals surface area contributed by atoms with Crippen molar-refractivity contribution in [3.8, 4) is 5.75 Å². The molecule has 0 unspecified atom stereocenters. The maximum absolute atomic E-state index is 13.3. The summed E-state index contributed by atoms with van der Waals surface area (Å²) in [5.74, 6) is 1.56. The third-order valence-corrected chi connectivity index (χ3v) is 7.43. The Bertz CT molecular complexity index is 1240. The number of imidazole rings is 1. The van der Waals surface area contributed by atoms with E-state index in [1.165, 1.54) is 24.8 Å². The zero-order valence-electron chi connectivity index (χ0n) is 20.8. The molecule has 0 radical (unpaired) electrons. The Labute approximate surface area is 212 Å². The third-order valence-electron chi connectivity index (χ3n) is 7.43. The Morgan fingerprint density at radius 3 is 2.42 bits per heavy atom. The summed E-state index contributed by atoms with van der Waals surface area (Å²) in [6.45, 7) is 0.623. The van der Waals surface area contributed by atoms with Crippen LogP contribution in [0.15, 0.2) is 78.9 Å². The Morgan fingerprint density at radius 1 is 0.972 bits per heavy atom. The number of urea groups is 1. The number of carbonyl (C=O) groups excluding carboxylic acids is 1. The van der Waals surface area contributed by atoms with Crippen molar-refractivity contribution in [1.82, 2.24) is 20.6 Å². The number of para-hydroxylation sites is 2. The predicted octanol–water partition coefficient (Wildman–Crippen LogP) is 6.06. The predicted molar refractivity (Wildman–Crippen MR) is 143 cm³/mol. The molecule has 36 heavy (non-hydrogen) atoms. The van der Waals surface area contributed by atoms with Gasteiger partial charge in [-0.25, -0.2) is 9.78 Å². The van der Waals surface area contributed by atoms with Crippen LogP contribution < -0.4 is 15.4 Å². The second-order valence-corrected chi connectivity index (χ2v) is 9.78. The lowest BCUT2D eigenvalue weighted by atomic mass is 9.69. The van der Waals surface area contributed by atoms with Gasteiger partial charge in [-0.05, 0) is 54.7 Å². The molecule has 0 bridgehead atoms. The largest absolute Gasteiger partial charge is 0.497 e. The van der Waals surface area contributed by atoms with Gasteiger partial charge in [0.25, 0.3) is 0 Å². The molecular weight excluding hydrogens is 448 g/mol. The highest BCUT2D eigenvalue weighted by Crippen LogP contribution is 2.39. The highest BCUT2D eigenvalue weighted by atomic mass is 16.5. The summed E-state index contributed by atoms with van der Waals surface area (Å²) < 4.78 is 5.30. The van der Waals surface area contributed by atoms with E-state index < -0.39 is 0 Å². The molecule has 2 amide bonds. The minimum absolute atomic E-state index is 0.0122. The molecule has 1 aromatic heterocycles. The number of nitrogens with one attached hydrogen (secondary N) is 3. The molecule has 186 valence electrons. The topological polar surface area (TPSA) is 79.0 Å². The monoisotopic (exact) mass is 482 g/mol. The number of fused-ring (bicyclic) bond motifs is 1. The van der Waals surface area contributed by atoms with Gasteiger partial charge in [-0.3, -0.25) is 0 Å². The summed E-state index contributed by atoms with van der Waals surface area (Å²) in [5.41, 5.74) is 4.24. The summed E-state index contributed by atoms with van der Waals surface area (Å²) in [5, 5.41) is 6.42. The van der Waals surface area contributed by atoms with Crippen molar-refractivity contribution >= 4 is 17.1 Å². The Hall–Kier alpha value is -3.80. The van der Waals surface area contributed by atoms with E-state index in [1.54, 1.807) is 7.11 Å². The average Bonchev–Trinajstić information content (AvgIpc) is 3.37. The zero-order valence-corrected chi connectivity index (χ0v) is 20.8. The van der Waals surface area contributed by atoms with Gasteiger partial charge in [-0.2, -0.15) is 0 Å². The molecule has 1 heterocycles. The van der Waals surface area contributed by atoms with E-state index in [0.717, 1.165) is 41.0 Å². The number of methoxy groups -OCH3 is 1. The lowest BCUT2D eigenvalue weighted by Crippen LogP contribution is -2.46. The van der Waals surface area contributed by atoms with Gasteiger partial charge in [0.2, 0.25) is 0 Å². The Morgan fingerprint density at radius 2 is 1.69 bits per heavy atom. The first-order valence-electron chi connectivity index (χ1n) is 12.8. The highest BCUT2D eigenvalue weighted by molar-refractivity contribution is 5.76. The minimum atomic E-state index is -0.301. The van der Waals surface area contributed by atoms with Crippen LogP contribution in [0.2, 0.25) is 0 Å². The van der Waals surface area contributed by atoms with Crippen LogP contribution in [0, 0.1) is 0 Å². The van der Waals surface area contributed by atoms with E-state index in [9.17, 15) is 4.79 Å². The van der Waals surface area contributed by atoms with Gasteiger partial charge >= 0.3 is 6.03 Å². The number of amides is 2. The number of carbonyl (C=O) groups is 1. The molecule has 6 nitrogen and oxygen atoms in total. The highest BCUT2D eigenvalue weighted by Gasteiger charge is 2.34. The third kappa shape index (κ3) is 5.38. The van der Waals surface area contributed by atoms with E-state index in [2.05, 4.69) is 45.9 Å². The van der Waals surface area contributed by atoms with Crippen LogP contribution in [0.5, 0.6) is 5.75 Å². The van der Waals surface area contributed by atoms with Crippen LogP contribution in [-0.2, 0) is 11.8 Å². The maximum Gasteiger partial charge on any atom is 0.315 e. The summed E-state index contributed by atoms with van der Waals surface area (Å²) in [6.07, 6.45) is 6.44. The molecule has 6 heteroatoms. The smallest absolute Gasteiger partial charge is 0.315 e. The van der Waals surface area contributed by atoms with Crippen LogP contribution in [0.1, 0.15) is 55.1 Å². The van der Waals surface area contributed by atoms with Crippen LogP contribution in [-0.4, -0.2) is 29.7 Å². The van der Waals surface area contributed by atoms with E-state index in [4.69, 9.17) is 9.72 Å². The van der Waals surface area contributed by atoms with Gasteiger partial charge in [0.1, 0.15) is 11.6 Å². The summed E-state index contributed by atoms with van der Waals surface area (Å²) in [4.78, 5) is 21.5. The van der Waals surface area contributed by atoms with Crippen molar-refractivity contribution < 1.29 is 9.53 Å². The van der Waals surface area contributed by atoms with Crippen LogP contribution in [0.25, 0.3) is 11.0 Å². The number of rotatable bonds is 8. The molecule has 1 aliphatic rings.